The minimum Gasteiger partial charge on any atom is -0.396 e. The second kappa shape index (κ2) is 9.12. The van der Waals surface area contributed by atoms with Gasteiger partial charge in [-0.25, -0.2) is 0 Å². The summed E-state index contributed by atoms with van der Waals surface area (Å²) in [5.74, 6) is 1.15. The molecule has 122 valence electrons. The van der Waals surface area contributed by atoms with Gasteiger partial charge in [0.05, 0.1) is 0 Å². The van der Waals surface area contributed by atoms with Gasteiger partial charge in [-0.2, -0.15) is 11.8 Å². The van der Waals surface area contributed by atoms with Crippen LogP contribution in [0.4, 0.5) is 11.5 Å². The molecule has 0 radical (unpaired) electrons. The molecule has 0 spiro atoms. The number of thioether (sulfide) groups is 1. The number of nitrogens with zero attached hydrogens (tertiary/aromatic N) is 2. The normalized spacial score (nSPS) is 11.7. The number of para-hydroxylation sites is 1. The molecule has 0 aliphatic carbocycles. The van der Waals surface area contributed by atoms with E-state index in [4.69, 9.17) is 5.11 Å². The number of carbonyl (C=O) groups is 1. The summed E-state index contributed by atoms with van der Waals surface area (Å²) in [6.07, 6.45) is 2.65. The van der Waals surface area contributed by atoms with Gasteiger partial charge in [0, 0.05) is 24.1 Å². The van der Waals surface area contributed by atoms with Crippen molar-refractivity contribution in [2.24, 2.45) is 0 Å². The van der Waals surface area contributed by atoms with Gasteiger partial charge in [0.2, 0.25) is 0 Å². The smallest absolute Gasteiger partial charge is 0.276 e. The molecular weight excluding hydrogens is 312 g/mol. The van der Waals surface area contributed by atoms with Crippen LogP contribution in [0.15, 0.2) is 42.5 Å². The van der Waals surface area contributed by atoms with Gasteiger partial charge in [-0.1, -0.05) is 18.2 Å². The lowest BCUT2D eigenvalue weighted by Crippen LogP contribution is -2.24. The summed E-state index contributed by atoms with van der Waals surface area (Å²) in [6, 6.07) is 12.7. The Balaban J connectivity index is 1.97. The first-order valence-corrected chi connectivity index (χ1v) is 8.68. The van der Waals surface area contributed by atoms with E-state index in [0.717, 1.165) is 5.75 Å². The molecule has 1 aromatic carbocycles. The maximum atomic E-state index is 12.1. The van der Waals surface area contributed by atoms with Crippen LogP contribution in [0.3, 0.4) is 0 Å². The molecule has 0 aliphatic heterocycles. The van der Waals surface area contributed by atoms with Crippen LogP contribution in [0.5, 0.6) is 0 Å². The molecule has 6 nitrogen and oxygen atoms in total. The van der Waals surface area contributed by atoms with Crippen LogP contribution in [-0.2, 0) is 0 Å². The second-order valence-corrected chi connectivity index (χ2v) is 5.84. The van der Waals surface area contributed by atoms with Gasteiger partial charge in [0.15, 0.2) is 5.69 Å². The number of nitrogens with one attached hydrogen (secondary N) is 2. The summed E-state index contributed by atoms with van der Waals surface area (Å²) < 4.78 is 0. The molecule has 2 aromatic rings. The molecule has 23 heavy (non-hydrogen) atoms. The van der Waals surface area contributed by atoms with Gasteiger partial charge < -0.3 is 15.7 Å². The molecule has 0 saturated carbocycles. The van der Waals surface area contributed by atoms with Crippen molar-refractivity contribution < 1.29 is 9.90 Å². The lowest BCUT2D eigenvalue weighted by atomic mass is 10.2. The van der Waals surface area contributed by atoms with Gasteiger partial charge in [-0.3, -0.25) is 4.79 Å². The number of hydrogen-bond donors (Lipinski definition) is 3. The molecule has 0 fully saturated rings. The van der Waals surface area contributed by atoms with Crippen molar-refractivity contribution in [1.29, 1.82) is 0 Å². The summed E-state index contributed by atoms with van der Waals surface area (Å²) in [5, 5.41) is 23.0. The Morgan fingerprint density at radius 1 is 1.22 bits per heavy atom. The van der Waals surface area contributed by atoms with Crippen molar-refractivity contribution in [3.63, 3.8) is 0 Å². The highest BCUT2D eigenvalue weighted by Gasteiger charge is 2.11. The molecule has 3 N–H and O–H groups in total. The van der Waals surface area contributed by atoms with Crippen LogP contribution < -0.4 is 10.6 Å². The summed E-state index contributed by atoms with van der Waals surface area (Å²) in [6.45, 7) is 0.114. The summed E-state index contributed by atoms with van der Waals surface area (Å²) >= 11 is 1.69. The maximum Gasteiger partial charge on any atom is 0.276 e. The molecule has 1 amide bonds. The summed E-state index contributed by atoms with van der Waals surface area (Å²) in [7, 11) is 0. The van der Waals surface area contributed by atoms with E-state index in [2.05, 4.69) is 20.8 Å². The average molecular weight is 332 g/mol. The maximum absolute atomic E-state index is 12.1. The van der Waals surface area contributed by atoms with Crippen molar-refractivity contribution in [3.05, 3.63) is 48.2 Å². The topological polar surface area (TPSA) is 87.1 Å². The molecule has 0 bridgehead atoms. The van der Waals surface area contributed by atoms with Crippen molar-refractivity contribution in [2.75, 3.05) is 29.2 Å². The number of amides is 1. The quantitative estimate of drug-likeness (QED) is 0.687. The number of aliphatic hydroxyl groups is 1. The van der Waals surface area contributed by atoms with Crippen LogP contribution in [0.1, 0.15) is 16.9 Å². The third-order valence-corrected chi connectivity index (χ3v) is 3.86. The van der Waals surface area contributed by atoms with E-state index in [1.54, 1.807) is 23.9 Å². The second-order valence-electron chi connectivity index (χ2n) is 4.93. The zero-order valence-electron chi connectivity index (χ0n) is 12.9. The molecule has 1 unspecified atom stereocenters. The number of carbonyl (C=O) groups excluding carboxylic acids is 1. The number of hydrogen-bond acceptors (Lipinski definition) is 6. The molecular formula is C16H20N4O2S. The molecule has 1 heterocycles. The summed E-state index contributed by atoms with van der Waals surface area (Å²) in [4.78, 5) is 12.1. The number of benzene rings is 1. The number of aromatic nitrogens is 2. The van der Waals surface area contributed by atoms with E-state index in [0.29, 0.717) is 17.9 Å². The molecule has 2 rings (SSSR count). The first-order chi connectivity index (χ1) is 11.2. The third-order valence-electron chi connectivity index (χ3n) is 3.13. The number of rotatable bonds is 8. The minimum absolute atomic E-state index is 0.114. The highest BCUT2D eigenvalue weighted by Crippen LogP contribution is 2.11. The fraction of sp³-hybridized carbons (Fsp3) is 0.312. The summed E-state index contributed by atoms with van der Waals surface area (Å²) in [5.41, 5.74) is 0.965. The van der Waals surface area contributed by atoms with Crippen LogP contribution in [0, 0.1) is 0 Å². The van der Waals surface area contributed by atoms with E-state index < -0.39 is 0 Å². The van der Waals surface area contributed by atoms with Gasteiger partial charge in [-0.05, 0) is 36.9 Å². The minimum atomic E-state index is -0.300. The van der Waals surface area contributed by atoms with Crippen LogP contribution >= 0.6 is 11.8 Å². The van der Waals surface area contributed by atoms with E-state index >= 15 is 0 Å². The molecule has 1 aromatic heterocycles. The van der Waals surface area contributed by atoms with Crippen molar-refractivity contribution >= 4 is 29.2 Å². The molecule has 0 aliphatic rings. The Kier molecular flexibility index (Phi) is 6.83. The fourth-order valence-electron chi connectivity index (χ4n) is 2.01. The Labute approximate surface area is 139 Å². The standard InChI is InChI=1S/C16H20N4O2S/c1-23-11-13(9-10-21)17-15-8-7-14(19-20-15)16(22)18-12-5-3-2-4-6-12/h2-8,13,21H,9-11H2,1H3,(H,17,20)(H,18,22). The van der Waals surface area contributed by atoms with E-state index in [-0.39, 0.29) is 24.2 Å². The molecule has 0 saturated heterocycles. The Bertz CT molecular complexity index is 601. The van der Waals surface area contributed by atoms with Gasteiger partial charge >= 0.3 is 0 Å². The van der Waals surface area contributed by atoms with Crippen molar-refractivity contribution in [2.45, 2.75) is 12.5 Å². The molecule has 1 atom stereocenters. The van der Waals surface area contributed by atoms with Crippen molar-refractivity contribution in [1.82, 2.24) is 10.2 Å². The largest absolute Gasteiger partial charge is 0.396 e. The first kappa shape index (κ1) is 17.2. The fourth-order valence-corrected chi connectivity index (χ4v) is 2.66. The Morgan fingerprint density at radius 3 is 2.61 bits per heavy atom. The van der Waals surface area contributed by atoms with Crippen LogP contribution in [0.2, 0.25) is 0 Å². The van der Waals surface area contributed by atoms with Gasteiger partial charge in [0.1, 0.15) is 5.82 Å². The first-order valence-electron chi connectivity index (χ1n) is 7.29. The van der Waals surface area contributed by atoms with Gasteiger partial charge in [-0.15, -0.1) is 10.2 Å². The highest BCUT2D eigenvalue weighted by molar-refractivity contribution is 7.98. The lowest BCUT2D eigenvalue weighted by molar-refractivity contribution is 0.102. The lowest BCUT2D eigenvalue weighted by Gasteiger charge is -2.16. The van der Waals surface area contributed by atoms with E-state index in [9.17, 15) is 4.79 Å². The number of anilines is 2. The Morgan fingerprint density at radius 2 is 2.00 bits per heavy atom. The van der Waals surface area contributed by atoms with E-state index in [1.165, 1.54) is 0 Å². The predicted octanol–water partition coefficient (Wildman–Crippen LogP) is 2.25. The Hall–Kier alpha value is -2.12. The van der Waals surface area contributed by atoms with Crippen LogP contribution in [-0.4, -0.2) is 45.9 Å². The zero-order valence-corrected chi connectivity index (χ0v) is 13.7. The molecule has 7 heteroatoms. The SMILES string of the molecule is CSCC(CCO)Nc1ccc(C(=O)Nc2ccccc2)nn1. The average Bonchev–Trinajstić information content (AvgIpc) is 2.57. The van der Waals surface area contributed by atoms with E-state index in [1.807, 2.05) is 36.6 Å². The monoisotopic (exact) mass is 332 g/mol. The highest BCUT2D eigenvalue weighted by atomic mass is 32.2. The van der Waals surface area contributed by atoms with Crippen molar-refractivity contribution in [3.8, 4) is 0 Å². The predicted molar refractivity (Wildman–Crippen MR) is 93.9 cm³/mol. The zero-order chi connectivity index (χ0) is 16.5. The number of aliphatic hydroxyl groups excluding tert-OH is 1. The van der Waals surface area contributed by atoms with Crippen LogP contribution in [0.25, 0.3) is 0 Å². The third kappa shape index (κ3) is 5.54. The van der Waals surface area contributed by atoms with Gasteiger partial charge in [0.25, 0.3) is 5.91 Å².